The Balaban J connectivity index is 1.84. The van der Waals surface area contributed by atoms with Crippen molar-refractivity contribution in [1.29, 1.82) is 0 Å². The summed E-state index contributed by atoms with van der Waals surface area (Å²) in [6, 6.07) is 9.37. The number of fused-ring (bicyclic) bond motifs is 1. The van der Waals surface area contributed by atoms with Crippen molar-refractivity contribution < 1.29 is 13.6 Å². The zero-order chi connectivity index (χ0) is 15.0. The highest BCUT2D eigenvalue weighted by Crippen LogP contribution is 2.39. The summed E-state index contributed by atoms with van der Waals surface area (Å²) in [6.07, 6.45) is 0. The summed E-state index contributed by atoms with van der Waals surface area (Å²) in [4.78, 5) is 13.4. The monoisotopic (exact) mass is 306 g/mol. The van der Waals surface area contributed by atoms with Crippen LogP contribution in [0.3, 0.4) is 0 Å². The second-order valence-electron chi connectivity index (χ2n) is 4.74. The minimum Gasteiger partial charge on any atom is -0.396 e. The third-order valence-corrected chi connectivity index (χ3v) is 4.54. The van der Waals surface area contributed by atoms with E-state index in [-0.39, 0.29) is 23.2 Å². The Morgan fingerprint density at radius 3 is 2.81 bits per heavy atom. The van der Waals surface area contributed by atoms with Crippen molar-refractivity contribution in [2.24, 2.45) is 0 Å². The van der Waals surface area contributed by atoms with E-state index in [0.29, 0.717) is 11.8 Å². The predicted molar refractivity (Wildman–Crippen MR) is 79.3 cm³/mol. The summed E-state index contributed by atoms with van der Waals surface area (Å²) in [7, 11) is 0. The van der Waals surface area contributed by atoms with Crippen LogP contribution in [-0.2, 0) is 4.79 Å². The van der Waals surface area contributed by atoms with Crippen LogP contribution in [0, 0.1) is 11.6 Å². The lowest BCUT2D eigenvalue weighted by molar-refractivity contribution is -0.117. The van der Waals surface area contributed by atoms with Gasteiger partial charge in [0.15, 0.2) is 0 Å². The fourth-order valence-electron chi connectivity index (χ4n) is 2.26. The summed E-state index contributed by atoms with van der Waals surface area (Å²) in [5.41, 5.74) is 6.02. The summed E-state index contributed by atoms with van der Waals surface area (Å²) < 4.78 is 26.8. The zero-order valence-electron chi connectivity index (χ0n) is 10.9. The summed E-state index contributed by atoms with van der Waals surface area (Å²) in [5, 5.41) is 2.49. The van der Waals surface area contributed by atoms with Crippen molar-refractivity contribution in [3.8, 4) is 0 Å². The topological polar surface area (TPSA) is 55.1 Å². The fraction of sp³-hybridized carbons (Fsp3) is 0.133. The van der Waals surface area contributed by atoms with Gasteiger partial charge in [-0.15, -0.1) is 11.8 Å². The molecule has 0 aliphatic carbocycles. The lowest BCUT2D eigenvalue weighted by Gasteiger charge is -2.13. The standard InChI is InChI=1S/C15H12F2N2OS/c16-10-5-11(17)13(6-12(10)18)19-15(20)9-7-21-14-4-2-1-3-8(9)14/h1-6,9H,7,18H2,(H,19,20). The van der Waals surface area contributed by atoms with Crippen LogP contribution in [0.15, 0.2) is 41.3 Å². The molecule has 1 unspecified atom stereocenters. The number of hydrogen-bond acceptors (Lipinski definition) is 3. The largest absolute Gasteiger partial charge is 0.396 e. The maximum Gasteiger partial charge on any atom is 0.232 e. The molecule has 2 aromatic rings. The second-order valence-corrected chi connectivity index (χ2v) is 5.81. The first-order chi connectivity index (χ1) is 10.1. The highest BCUT2D eigenvalue weighted by molar-refractivity contribution is 7.99. The Bertz CT molecular complexity index is 721. The van der Waals surface area contributed by atoms with E-state index in [2.05, 4.69) is 5.32 Å². The SMILES string of the molecule is Nc1cc(NC(=O)C2CSc3ccccc32)c(F)cc1F. The maximum absolute atomic E-state index is 13.7. The van der Waals surface area contributed by atoms with Crippen LogP contribution < -0.4 is 11.1 Å². The second kappa shape index (κ2) is 5.37. The Morgan fingerprint density at radius 1 is 1.24 bits per heavy atom. The van der Waals surface area contributed by atoms with Crippen LogP contribution in [0.5, 0.6) is 0 Å². The molecule has 0 spiro atoms. The van der Waals surface area contributed by atoms with Gasteiger partial charge in [0.1, 0.15) is 11.6 Å². The molecule has 21 heavy (non-hydrogen) atoms. The van der Waals surface area contributed by atoms with Crippen molar-refractivity contribution >= 4 is 29.0 Å². The van der Waals surface area contributed by atoms with Gasteiger partial charge < -0.3 is 11.1 Å². The van der Waals surface area contributed by atoms with Gasteiger partial charge in [-0.2, -0.15) is 0 Å². The number of carbonyl (C=O) groups is 1. The molecule has 2 aromatic carbocycles. The van der Waals surface area contributed by atoms with E-state index < -0.39 is 11.6 Å². The lowest BCUT2D eigenvalue weighted by atomic mass is 10.0. The number of rotatable bonds is 2. The number of hydrogen-bond donors (Lipinski definition) is 2. The molecule has 6 heteroatoms. The first-order valence-electron chi connectivity index (χ1n) is 6.33. The van der Waals surface area contributed by atoms with Gasteiger partial charge in [-0.05, 0) is 17.7 Å². The van der Waals surface area contributed by atoms with Gasteiger partial charge in [0, 0.05) is 16.7 Å². The maximum atomic E-state index is 13.7. The van der Waals surface area contributed by atoms with Crippen LogP contribution in [0.4, 0.5) is 20.2 Å². The highest BCUT2D eigenvalue weighted by atomic mass is 32.2. The van der Waals surface area contributed by atoms with Gasteiger partial charge in [-0.3, -0.25) is 4.79 Å². The fourth-order valence-corrected chi connectivity index (χ4v) is 3.49. The van der Waals surface area contributed by atoms with Gasteiger partial charge in [-0.1, -0.05) is 18.2 Å². The van der Waals surface area contributed by atoms with E-state index in [1.165, 1.54) is 0 Å². The molecule has 108 valence electrons. The van der Waals surface area contributed by atoms with Crippen LogP contribution in [0.2, 0.25) is 0 Å². The summed E-state index contributed by atoms with van der Waals surface area (Å²) >= 11 is 1.59. The van der Waals surface area contributed by atoms with E-state index in [0.717, 1.165) is 16.5 Å². The number of nitrogens with two attached hydrogens (primary N) is 1. The first-order valence-corrected chi connectivity index (χ1v) is 7.32. The van der Waals surface area contributed by atoms with Crippen LogP contribution in [-0.4, -0.2) is 11.7 Å². The first kappa shape index (κ1) is 13.9. The molecule has 0 radical (unpaired) electrons. The molecule has 1 aliphatic heterocycles. The predicted octanol–water partition coefficient (Wildman–Crippen LogP) is 3.38. The van der Waals surface area contributed by atoms with E-state index >= 15 is 0 Å². The molecule has 0 aromatic heterocycles. The molecule has 0 fully saturated rings. The zero-order valence-corrected chi connectivity index (χ0v) is 11.7. The quantitative estimate of drug-likeness (QED) is 0.836. The number of thioether (sulfide) groups is 1. The number of halogens is 2. The van der Waals surface area contributed by atoms with Gasteiger partial charge >= 0.3 is 0 Å². The van der Waals surface area contributed by atoms with Crippen LogP contribution in [0.25, 0.3) is 0 Å². The third-order valence-electron chi connectivity index (χ3n) is 3.36. The van der Waals surface area contributed by atoms with Crippen LogP contribution in [0.1, 0.15) is 11.5 Å². The Morgan fingerprint density at radius 2 is 2.00 bits per heavy atom. The number of amides is 1. The average molecular weight is 306 g/mol. The highest BCUT2D eigenvalue weighted by Gasteiger charge is 2.29. The van der Waals surface area contributed by atoms with Crippen molar-refractivity contribution in [2.45, 2.75) is 10.8 Å². The molecule has 0 bridgehead atoms. The molecule has 3 nitrogen and oxygen atoms in total. The Hall–Kier alpha value is -2.08. The van der Waals surface area contributed by atoms with E-state index in [9.17, 15) is 13.6 Å². The van der Waals surface area contributed by atoms with Crippen LogP contribution >= 0.6 is 11.8 Å². The number of nitrogen functional groups attached to an aromatic ring is 1. The number of benzene rings is 2. The molecule has 1 heterocycles. The van der Waals surface area contributed by atoms with Crippen molar-refractivity contribution in [2.75, 3.05) is 16.8 Å². The molecular formula is C15H12F2N2OS. The molecule has 3 rings (SSSR count). The average Bonchev–Trinajstić information content (AvgIpc) is 2.88. The van der Waals surface area contributed by atoms with Crippen molar-refractivity contribution in [1.82, 2.24) is 0 Å². The van der Waals surface area contributed by atoms with E-state index in [1.807, 2.05) is 24.3 Å². The smallest absolute Gasteiger partial charge is 0.232 e. The Kier molecular flexibility index (Phi) is 3.55. The molecule has 0 saturated carbocycles. The van der Waals surface area contributed by atoms with Crippen molar-refractivity contribution in [3.05, 3.63) is 53.6 Å². The van der Waals surface area contributed by atoms with Gasteiger partial charge in [0.2, 0.25) is 5.91 Å². The normalized spacial score (nSPS) is 16.6. The van der Waals surface area contributed by atoms with Crippen molar-refractivity contribution in [3.63, 3.8) is 0 Å². The summed E-state index contributed by atoms with van der Waals surface area (Å²) in [6.45, 7) is 0. The van der Waals surface area contributed by atoms with Gasteiger partial charge in [-0.25, -0.2) is 8.78 Å². The van der Waals surface area contributed by atoms with Gasteiger partial charge in [0.25, 0.3) is 0 Å². The molecule has 1 amide bonds. The third kappa shape index (κ3) is 2.58. The molecule has 1 aliphatic rings. The Labute approximate surface area is 124 Å². The van der Waals surface area contributed by atoms with E-state index in [4.69, 9.17) is 5.73 Å². The lowest BCUT2D eigenvalue weighted by Crippen LogP contribution is -2.21. The van der Waals surface area contributed by atoms with E-state index in [1.54, 1.807) is 11.8 Å². The number of anilines is 2. The minimum absolute atomic E-state index is 0.103. The minimum atomic E-state index is -0.840. The number of nitrogens with one attached hydrogen (secondary N) is 1. The molecular weight excluding hydrogens is 294 g/mol. The summed E-state index contributed by atoms with van der Waals surface area (Å²) in [5.74, 6) is -1.75. The number of carbonyl (C=O) groups excluding carboxylic acids is 1. The molecule has 3 N–H and O–H groups in total. The van der Waals surface area contributed by atoms with Gasteiger partial charge in [0.05, 0.1) is 17.3 Å². The molecule has 1 atom stereocenters. The molecule has 0 saturated heterocycles.